The van der Waals surface area contributed by atoms with Crippen LogP contribution in [0.5, 0.6) is 0 Å². The van der Waals surface area contributed by atoms with Crippen LogP contribution in [0, 0.1) is 12.7 Å². The largest absolute Gasteiger partial charge is 0.351 e. The van der Waals surface area contributed by atoms with Crippen molar-refractivity contribution in [3.8, 4) is 11.4 Å². The van der Waals surface area contributed by atoms with Gasteiger partial charge in [0.1, 0.15) is 11.1 Å². The molecule has 0 aliphatic carbocycles. The van der Waals surface area contributed by atoms with Crippen molar-refractivity contribution in [2.45, 2.75) is 29.9 Å². The van der Waals surface area contributed by atoms with Crippen LogP contribution in [0.2, 0.25) is 0 Å². The maximum absolute atomic E-state index is 13.6. The zero-order valence-corrected chi connectivity index (χ0v) is 18.7. The highest BCUT2D eigenvalue weighted by Gasteiger charge is 2.37. The Morgan fingerprint density at radius 2 is 1.76 bits per heavy atom. The molecule has 6 nitrogen and oxygen atoms in total. The minimum absolute atomic E-state index is 0.127. The second-order valence-corrected chi connectivity index (χ2v) is 9.02. The van der Waals surface area contributed by atoms with Crippen molar-refractivity contribution in [3.63, 3.8) is 0 Å². The van der Waals surface area contributed by atoms with Crippen molar-refractivity contribution in [2.75, 3.05) is 5.43 Å². The van der Waals surface area contributed by atoms with Gasteiger partial charge in [-0.1, -0.05) is 84.1 Å². The molecule has 5 rings (SSSR count). The number of aromatic nitrogens is 3. The summed E-state index contributed by atoms with van der Waals surface area (Å²) in [5.74, 6) is 0.208. The molecule has 0 saturated carbocycles. The van der Waals surface area contributed by atoms with Crippen LogP contribution in [0.15, 0.2) is 84.0 Å². The second-order valence-electron chi connectivity index (χ2n) is 7.91. The molecule has 3 aromatic carbocycles. The number of hydrogen-bond donors (Lipinski definition) is 2. The van der Waals surface area contributed by atoms with Gasteiger partial charge in [-0.15, -0.1) is 10.2 Å². The number of carbonyl (C=O) groups excluding carboxylic acids is 1. The zero-order chi connectivity index (χ0) is 22.8. The zero-order valence-electron chi connectivity index (χ0n) is 17.9. The topological polar surface area (TPSA) is 71.8 Å². The van der Waals surface area contributed by atoms with E-state index in [4.69, 9.17) is 0 Å². The number of rotatable bonds is 5. The Morgan fingerprint density at radius 1 is 1.03 bits per heavy atom. The molecular weight excluding hydrogens is 437 g/mol. The Balaban J connectivity index is 1.44. The highest BCUT2D eigenvalue weighted by Crippen LogP contribution is 2.38. The first-order valence-electron chi connectivity index (χ1n) is 10.6. The lowest BCUT2D eigenvalue weighted by molar-refractivity contribution is -0.121. The summed E-state index contributed by atoms with van der Waals surface area (Å²) in [6.45, 7) is 2.45. The summed E-state index contributed by atoms with van der Waals surface area (Å²) in [5, 5.41) is 11.8. The smallest absolute Gasteiger partial charge is 0.236 e. The molecule has 2 unspecified atom stereocenters. The molecule has 0 saturated heterocycles. The molecule has 0 fully saturated rings. The molecule has 33 heavy (non-hydrogen) atoms. The molecular formula is C25H22FN5OS. The van der Waals surface area contributed by atoms with E-state index in [0.29, 0.717) is 17.5 Å². The maximum atomic E-state index is 13.6. The molecule has 2 heterocycles. The molecule has 4 aromatic rings. The summed E-state index contributed by atoms with van der Waals surface area (Å²) in [7, 11) is 0. The van der Waals surface area contributed by atoms with Crippen LogP contribution in [-0.4, -0.2) is 26.0 Å². The van der Waals surface area contributed by atoms with Gasteiger partial charge in [0, 0.05) is 12.1 Å². The van der Waals surface area contributed by atoms with E-state index in [-0.39, 0.29) is 11.7 Å². The van der Waals surface area contributed by atoms with Crippen molar-refractivity contribution in [1.29, 1.82) is 0 Å². The third-order valence-electron chi connectivity index (χ3n) is 5.54. The summed E-state index contributed by atoms with van der Waals surface area (Å²) < 4.78 is 15.4. The first kappa shape index (κ1) is 21.2. The number of nitrogens with one attached hydrogen (secondary N) is 2. The van der Waals surface area contributed by atoms with Crippen LogP contribution in [0.3, 0.4) is 0 Å². The average molecular weight is 460 g/mol. The summed E-state index contributed by atoms with van der Waals surface area (Å²) >= 11 is 1.35. The lowest BCUT2D eigenvalue weighted by Gasteiger charge is -2.33. The van der Waals surface area contributed by atoms with Gasteiger partial charge in [0.15, 0.2) is 5.82 Å². The molecule has 1 aliphatic heterocycles. The number of thioether (sulfide) groups is 1. The Morgan fingerprint density at radius 3 is 2.48 bits per heavy atom. The fourth-order valence-electron chi connectivity index (χ4n) is 3.75. The van der Waals surface area contributed by atoms with Gasteiger partial charge in [-0.3, -0.25) is 4.79 Å². The van der Waals surface area contributed by atoms with E-state index >= 15 is 0 Å². The minimum atomic E-state index is -0.513. The lowest BCUT2D eigenvalue weighted by atomic mass is 10.0. The molecule has 2 atom stereocenters. The summed E-state index contributed by atoms with van der Waals surface area (Å²) in [6.07, 6.45) is 0. The molecule has 166 valence electrons. The number of aryl methyl sites for hydroxylation is 1. The summed E-state index contributed by atoms with van der Waals surface area (Å²) in [5.41, 5.74) is 7.31. The SMILES string of the molecule is Cc1ccc(CNC(=O)C2Sc3nnc(-c4ccccc4)n3NC2c2ccc(F)cc2)cc1. The number of hydrogen-bond acceptors (Lipinski definition) is 5. The summed E-state index contributed by atoms with van der Waals surface area (Å²) in [6, 6.07) is 23.6. The van der Waals surface area contributed by atoms with E-state index in [2.05, 4.69) is 20.9 Å². The Kier molecular flexibility index (Phi) is 5.83. The van der Waals surface area contributed by atoms with Gasteiger partial charge in [0.2, 0.25) is 11.1 Å². The third-order valence-corrected chi connectivity index (χ3v) is 6.76. The molecule has 1 aliphatic rings. The van der Waals surface area contributed by atoms with Gasteiger partial charge < -0.3 is 10.7 Å². The van der Waals surface area contributed by atoms with E-state index in [1.807, 2.05) is 61.5 Å². The molecule has 8 heteroatoms. The maximum Gasteiger partial charge on any atom is 0.236 e. The van der Waals surface area contributed by atoms with Gasteiger partial charge in [-0.05, 0) is 30.2 Å². The van der Waals surface area contributed by atoms with Gasteiger partial charge >= 0.3 is 0 Å². The van der Waals surface area contributed by atoms with Gasteiger partial charge in [-0.2, -0.15) is 0 Å². The van der Waals surface area contributed by atoms with Gasteiger partial charge in [0.05, 0.1) is 6.04 Å². The Labute approximate surface area is 195 Å². The van der Waals surface area contributed by atoms with Crippen LogP contribution < -0.4 is 10.7 Å². The lowest BCUT2D eigenvalue weighted by Crippen LogP contribution is -2.43. The average Bonchev–Trinajstić information content (AvgIpc) is 3.27. The number of carbonyl (C=O) groups is 1. The monoisotopic (exact) mass is 459 g/mol. The normalized spacial score (nSPS) is 17.2. The van der Waals surface area contributed by atoms with Gasteiger partial charge in [-0.25, -0.2) is 9.07 Å². The quantitative estimate of drug-likeness (QED) is 0.461. The molecule has 2 N–H and O–H groups in total. The van der Waals surface area contributed by atoms with Crippen LogP contribution in [0.25, 0.3) is 11.4 Å². The summed E-state index contributed by atoms with van der Waals surface area (Å²) in [4.78, 5) is 13.3. The molecule has 1 aromatic heterocycles. The first-order chi connectivity index (χ1) is 16.1. The van der Waals surface area contributed by atoms with Crippen molar-refractivity contribution in [3.05, 3.63) is 101 Å². The predicted molar refractivity (Wildman–Crippen MR) is 127 cm³/mol. The third kappa shape index (κ3) is 4.47. The number of halogens is 1. The van der Waals surface area contributed by atoms with Crippen LogP contribution in [0.4, 0.5) is 4.39 Å². The first-order valence-corrected chi connectivity index (χ1v) is 11.5. The number of benzene rings is 3. The van der Waals surface area contributed by atoms with Crippen molar-refractivity contribution >= 4 is 17.7 Å². The Bertz CT molecular complexity index is 1260. The predicted octanol–water partition coefficient (Wildman–Crippen LogP) is 4.47. The van der Waals surface area contributed by atoms with Crippen molar-refractivity contribution in [2.24, 2.45) is 0 Å². The fourth-order valence-corrected chi connectivity index (χ4v) is 4.85. The molecule has 0 radical (unpaired) electrons. The highest BCUT2D eigenvalue weighted by molar-refractivity contribution is 8.00. The molecule has 0 bridgehead atoms. The molecule has 1 amide bonds. The number of nitrogens with zero attached hydrogens (tertiary/aromatic N) is 3. The fraction of sp³-hybridized carbons (Fsp3) is 0.160. The van der Waals surface area contributed by atoms with E-state index in [0.717, 1.165) is 16.7 Å². The van der Waals surface area contributed by atoms with Crippen LogP contribution in [0.1, 0.15) is 22.7 Å². The van der Waals surface area contributed by atoms with Crippen molar-refractivity contribution < 1.29 is 9.18 Å². The van der Waals surface area contributed by atoms with E-state index in [1.54, 1.807) is 16.8 Å². The Hall–Kier alpha value is -3.65. The van der Waals surface area contributed by atoms with Crippen molar-refractivity contribution in [1.82, 2.24) is 20.2 Å². The minimum Gasteiger partial charge on any atom is -0.351 e. The van der Waals surface area contributed by atoms with Crippen LogP contribution in [-0.2, 0) is 11.3 Å². The van der Waals surface area contributed by atoms with Crippen LogP contribution >= 0.6 is 11.8 Å². The van der Waals surface area contributed by atoms with Gasteiger partial charge in [0.25, 0.3) is 0 Å². The highest BCUT2D eigenvalue weighted by atomic mass is 32.2. The molecule has 0 spiro atoms. The number of amides is 1. The standard InChI is InChI=1S/C25H22FN5OS/c1-16-7-9-17(10-8-16)15-27-24(32)22-21(18-11-13-20(26)14-12-18)30-31-23(28-29-25(31)33-22)19-5-3-2-4-6-19/h2-14,21-22,30H,15H2,1H3,(H,27,32). The number of fused-ring (bicyclic) bond motifs is 1. The van der Waals surface area contributed by atoms with E-state index in [9.17, 15) is 9.18 Å². The van der Waals surface area contributed by atoms with E-state index in [1.165, 1.54) is 29.5 Å². The second kappa shape index (κ2) is 9.07. The van der Waals surface area contributed by atoms with E-state index < -0.39 is 11.3 Å².